The molecule has 1 aliphatic heterocycles. The number of methoxy groups -OCH3 is 2. The molecule has 0 bridgehead atoms. The van der Waals surface area contributed by atoms with Crippen molar-refractivity contribution < 1.29 is 22.7 Å². The molecule has 7 nitrogen and oxygen atoms in total. The molecule has 1 unspecified atom stereocenters. The van der Waals surface area contributed by atoms with Gasteiger partial charge in [-0.3, -0.25) is 4.79 Å². The Kier molecular flexibility index (Phi) is 5.95. The molecule has 0 spiro atoms. The van der Waals surface area contributed by atoms with E-state index in [1.54, 1.807) is 4.90 Å². The number of ether oxygens (including phenoxy) is 2. The molecule has 1 heterocycles. The number of sulfonamides is 1. The van der Waals surface area contributed by atoms with Gasteiger partial charge in [-0.05, 0) is 6.42 Å². The van der Waals surface area contributed by atoms with Crippen LogP contribution in [0.15, 0.2) is 17.0 Å². The predicted octanol–water partition coefficient (Wildman–Crippen LogP) is 1.65. The van der Waals surface area contributed by atoms with Crippen molar-refractivity contribution in [2.75, 3.05) is 27.3 Å². The average Bonchev–Trinajstić information content (AvgIpc) is 2.85. The number of hydrogen-bond acceptors (Lipinski definition) is 5. The van der Waals surface area contributed by atoms with E-state index in [0.717, 1.165) is 6.42 Å². The summed E-state index contributed by atoms with van der Waals surface area (Å²) in [5.74, 6) is 0.293. The Morgan fingerprint density at radius 2 is 1.96 bits per heavy atom. The van der Waals surface area contributed by atoms with Gasteiger partial charge in [-0.15, -0.1) is 0 Å². The second kappa shape index (κ2) is 7.58. The Bertz CT molecular complexity index is 723. The highest BCUT2D eigenvalue weighted by atomic mass is 35.5. The summed E-state index contributed by atoms with van der Waals surface area (Å²) in [4.78, 5) is 13.5. The maximum atomic E-state index is 12.7. The van der Waals surface area contributed by atoms with Crippen LogP contribution in [-0.2, 0) is 14.8 Å². The molecule has 1 amide bonds. The van der Waals surface area contributed by atoms with Crippen molar-refractivity contribution in [1.29, 1.82) is 0 Å². The van der Waals surface area contributed by atoms with Crippen LogP contribution < -0.4 is 14.2 Å². The molecule has 0 aromatic heterocycles. The summed E-state index contributed by atoms with van der Waals surface area (Å²) in [5, 5.41) is 0.249. The van der Waals surface area contributed by atoms with Gasteiger partial charge in [0.05, 0.1) is 19.2 Å². The number of carbonyl (C=O) groups is 1. The number of rotatable bonds is 7. The van der Waals surface area contributed by atoms with Crippen molar-refractivity contribution in [3.05, 3.63) is 17.2 Å². The molecule has 1 fully saturated rings. The van der Waals surface area contributed by atoms with Gasteiger partial charge in [0.25, 0.3) is 0 Å². The van der Waals surface area contributed by atoms with Crippen LogP contribution in [0.25, 0.3) is 0 Å². The van der Waals surface area contributed by atoms with Crippen molar-refractivity contribution >= 4 is 27.5 Å². The minimum Gasteiger partial charge on any atom is -0.495 e. The predicted molar refractivity (Wildman–Crippen MR) is 90.2 cm³/mol. The summed E-state index contributed by atoms with van der Waals surface area (Å²) in [7, 11) is -1.13. The lowest BCUT2D eigenvalue weighted by Gasteiger charge is -2.17. The second-order valence-electron chi connectivity index (χ2n) is 5.50. The normalized spacial score (nSPS) is 18.1. The van der Waals surface area contributed by atoms with Gasteiger partial charge in [0.1, 0.15) is 16.4 Å². The van der Waals surface area contributed by atoms with Crippen LogP contribution in [-0.4, -0.2) is 52.6 Å². The first-order valence-corrected chi connectivity index (χ1v) is 9.40. The fraction of sp³-hybridized carbons (Fsp3) is 0.533. The number of hydrogen-bond donors (Lipinski definition) is 1. The monoisotopic (exact) mass is 376 g/mol. The minimum absolute atomic E-state index is 0.0507. The highest BCUT2D eigenvalue weighted by molar-refractivity contribution is 7.89. The molecule has 1 aromatic rings. The van der Waals surface area contributed by atoms with Crippen molar-refractivity contribution in [2.45, 2.75) is 30.7 Å². The van der Waals surface area contributed by atoms with E-state index >= 15 is 0 Å². The maximum Gasteiger partial charge on any atom is 0.244 e. The van der Waals surface area contributed by atoms with Crippen molar-refractivity contribution in [1.82, 2.24) is 9.62 Å². The second-order valence-corrected chi connectivity index (χ2v) is 7.59. The smallest absolute Gasteiger partial charge is 0.244 e. The Morgan fingerprint density at radius 3 is 2.54 bits per heavy atom. The standard InChI is InChI=1S/C15H21ClN2O5S/c1-4-5-18-9-10(6-15(18)19)17-24(20,21)14-8-12(22-2)11(16)7-13(14)23-3/h7-8,10,17H,4-6,9H2,1-3H3. The number of carbonyl (C=O) groups excluding carboxylic acids is 1. The van der Waals surface area contributed by atoms with E-state index in [1.807, 2.05) is 6.92 Å². The van der Waals surface area contributed by atoms with Crippen LogP contribution >= 0.6 is 11.6 Å². The summed E-state index contributed by atoms with van der Waals surface area (Å²) >= 11 is 6.00. The van der Waals surface area contributed by atoms with Gasteiger partial charge >= 0.3 is 0 Å². The van der Waals surface area contributed by atoms with Crippen LogP contribution in [0.1, 0.15) is 19.8 Å². The van der Waals surface area contributed by atoms with Crippen LogP contribution in [0, 0.1) is 0 Å². The lowest BCUT2D eigenvalue weighted by Crippen LogP contribution is -2.37. The average molecular weight is 377 g/mol. The summed E-state index contributed by atoms with van der Waals surface area (Å²) in [6.45, 7) is 2.95. The molecule has 0 aliphatic carbocycles. The molecule has 1 aliphatic rings. The van der Waals surface area contributed by atoms with Crippen LogP contribution in [0.4, 0.5) is 0 Å². The van der Waals surface area contributed by atoms with Crippen LogP contribution in [0.2, 0.25) is 5.02 Å². The number of likely N-dealkylation sites (tertiary alicyclic amines) is 1. The molecule has 0 saturated carbocycles. The quantitative estimate of drug-likeness (QED) is 0.782. The molecule has 24 heavy (non-hydrogen) atoms. The molecule has 9 heteroatoms. The first kappa shape index (κ1) is 18.8. The largest absolute Gasteiger partial charge is 0.495 e. The number of halogens is 1. The third-order valence-electron chi connectivity index (χ3n) is 3.76. The third-order valence-corrected chi connectivity index (χ3v) is 5.59. The SMILES string of the molecule is CCCN1CC(NS(=O)(=O)c2cc(OC)c(Cl)cc2OC)CC1=O. The van der Waals surface area contributed by atoms with Crippen LogP contribution in [0.3, 0.4) is 0 Å². The molecular formula is C15H21ClN2O5S. The maximum absolute atomic E-state index is 12.7. The molecule has 0 radical (unpaired) electrons. The molecule has 2 rings (SSSR count). The molecule has 1 atom stereocenters. The highest BCUT2D eigenvalue weighted by Gasteiger charge is 2.33. The molecule has 1 N–H and O–H groups in total. The summed E-state index contributed by atoms with van der Waals surface area (Å²) in [6, 6.07) is 2.22. The fourth-order valence-electron chi connectivity index (χ4n) is 2.66. The zero-order valence-electron chi connectivity index (χ0n) is 13.8. The number of benzene rings is 1. The van der Waals surface area contributed by atoms with Gasteiger partial charge in [-0.25, -0.2) is 13.1 Å². The Morgan fingerprint density at radius 1 is 1.29 bits per heavy atom. The van der Waals surface area contributed by atoms with Gasteiger partial charge in [0, 0.05) is 37.7 Å². The van der Waals surface area contributed by atoms with E-state index in [2.05, 4.69) is 4.72 Å². The van der Waals surface area contributed by atoms with E-state index in [4.69, 9.17) is 21.1 Å². The fourth-order valence-corrected chi connectivity index (χ4v) is 4.29. The van der Waals surface area contributed by atoms with E-state index in [0.29, 0.717) is 13.1 Å². The van der Waals surface area contributed by atoms with Gasteiger partial charge in [0.2, 0.25) is 15.9 Å². The van der Waals surface area contributed by atoms with Gasteiger partial charge in [0.15, 0.2) is 0 Å². The Labute approximate surface area is 146 Å². The number of amides is 1. The lowest BCUT2D eigenvalue weighted by molar-refractivity contribution is -0.127. The van der Waals surface area contributed by atoms with Crippen molar-refractivity contribution in [2.24, 2.45) is 0 Å². The van der Waals surface area contributed by atoms with Gasteiger partial charge in [-0.2, -0.15) is 0 Å². The van der Waals surface area contributed by atoms with Gasteiger partial charge < -0.3 is 14.4 Å². The van der Waals surface area contributed by atoms with E-state index in [-0.39, 0.29) is 33.7 Å². The Balaban J connectivity index is 2.26. The van der Waals surface area contributed by atoms with E-state index in [9.17, 15) is 13.2 Å². The molecule has 134 valence electrons. The lowest BCUT2D eigenvalue weighted by atomic mass is 10.3. The Hall–Kier alpha value is -1.51. The number of nitrogens with one attached hydrogen (secondary N) is 1. The third kappa shape index (κ3) is 3.93. The zero-order chi connectivity index (χ0) is 17.9. The van der Waals surface area contributed by atoms with E-state index in [1.165, 1.54) is 26.4 Å². The zero-order valence-corrected chi connectivity index (χ0v) is 15.4. The summed E-state index contributed by atoms with van der Waals surface area (Å²) in [5.41, 5.74) is 0. The van der Waals surface area contributed by atoms with E-state index < -0.39 is 16.1 Å². The molecule has 1 saturated heterocycles. The summed E-state index contributed by atoms with van der Waals surface area (Å²) < 4.78 is 38.2. The topological polar surface area (TPSA) is 84.9 Å². The molecule has 1 aromatic carbocycles. The van der Waals surface area contributed by atoms with Crippen molar-refractivity contribution in [3.63, 3.8) is 0 Å². The molecular weight excluding hydrogens is 356 g/mol. The minimum atomic E-state index is -3.89. The van der Waals surface area contributed by atoms with Crippen molar-refractivity contribution in [3.8, 4) is 11.5 Å². The number of nitrogens with zero attached hydrogens (tertiary/aromatic N) is 1. The first-order valence-electron chi connectivity index (χ1n) is 7.54. The van der Waals surface area contributed by atoms with Gasteiger partial charge in [-0.1, -0.05) is 18.5 Å². The van der Waals surface area contributed by atoms with Crippen LogP contribution in [0.5, 0.6) is 11.5 Å². The first-order chi connectivity index (χ1) is 11.3. The summed E-state index contributed by atoms with van der Waals surface area (Å²) in [6.07, 6.45) is 0.972. The highest BCUT2D eigenvalue weighted by Crippen LogP contribution is 2.35.